The minimum Gasteiger partial charge on any atom is -0.265 e. The molecule has 3 heteroatoms. The van der Waals surface area contributed by atoms with Gasteiger partial charge in [0.25, 0.3) is 0 Å². The van der Waals surface area contributed by atoms with Gasteiger partial charge in [0.15, 0.2) is 5.82 Å². The van der Waals surface area contributed by atoms with Crippen LogP contribution in [0.25, 0.3) is 105 Å². The Labute approximate surface area is 344 Å². The first-order valence-electron chi connectivity index (χ1n) is 20.0. The van der Waals surface area contributed by atoms with Gasteiger partial charge in [0.1, 0.15) is 0 Å². The molecule has 9 aromatic carbocycles. The maximum atomic E-state index is 5.25. The number of rotatable bonds is 8. The van der Waals surface area contributed by atoms with Crippen molar-refractivity contribution in [3.05, 3.63) is 212 Å². The van der Waals surface area contributed by atoms with Gasteiger partial charge in [-0.05, 0) is 102 Å². The average Bonchev–Trinajstić information content (AvgIpc) is 3.31. The van der Waals surface area contributed by atoms with Crippen molar-refractivity contribution in [1.29, 1.82) is 0 Å². The van der Waals surface area contributed by atoms with Gasteiger partial charge in [-0.1, -0.05) is 183 Å². The molecule has 0 aliphatic carbocycles. The summed E-state index contributed by atoms with van der Waals surface area (Å²) < 4.78 is 0. The zero-order chi connectivity index (χ0) is 39.7. The zero-order valence-electron chi connectivity index (χ0n) is 32.7. The van der Waals surface area contributed by atoms with Crippen LogP contribution in [0.15, 0.2) is 212 Å². The van der Waals surface area contributed by atoms with Crippen LogP contribution in [0.3, 0.4) is 0 Å². The monoisotopic (exact) mass is 753 g/mol. The van der Waals surface area contributed by atoms with E-state index in [1.807, 2.05) is 13.1 Å². The molecule has 0 atom stereocenters. The molecule has 1 heterocycles. The maximum absolute atomic E-state index is 5.25. The third-order valence-corrected chi connectivity index (χ3v) is 11.3. The SMILES string of the molecule is C=C/N=C\C(=C/C)c1ccc(-c2cc(-c3cccc(-c4cccc5ccccc45)c3)nc(-c3ccc(-c4ccc5c6ccccc6c6ccccc6c5c4)cc3)n2)cc1. The summed E-state index contributed by atoms with van der Waals surface area (Å²) in [5.41, 5.74) is 11.5. The Morgan fingerprint density at radius 1 is 0.441 bits per heavy atom. The van der Waals surface area contributed by atoms with Crippen LogP contribution in [0.1, 0.15) is 12.5 Å². The summed E-state index contributed by atoms with van der Waals surface area (Å²) in [5, 5.41) is 10.1. The van der Waals surface area contributed by atoms with Crippen LogP contribution >= 0.6 is 0 Å². The largest absolute Gasteiger partial charge is 0.265 e. The summed E-state index contributed by atoms with van der Waals surface area (Å²) in [6.07, 6.45) is 5.43. The van der Waals surface area contributed by atoms with Crippen molar-refractivity contribution < 1.29 is 0 Å². The van der Waals surface area contributed by atoms with Gasteiger partial charge in [0.2, 0.25) is 0 Å². The smallest absolute Gasteiger partial charge is 0.160 e. The first-order chi connectivity index (χ1) is 29.1. The lowest BCUT2D eigenvalue weighted by Crippen LogP contribution is -1.96. The van der Waals surface area contributed by atoms with Crippen LogP contribution in [0, 0.1) is 0 Å². The average molecular weight is 754 g/mol. The van der Waals surface area contributed by atoms with Gasteiger partial charge in [-0.25, -0.2) is 9.97 Å². The Kier molecular flexibility index (Phi) is 9.25. The molecule has 10 aromatic rings. The quantitative estimate of drug-likeness (QED) is 0.114. The highest BCUT2D eigenvalue weighted by molar-refractivity contribution is 6.25. The molecule has 0 N–H and O–H groups in total. The first kappa shape index (κ1) is 35.6. The van der Waals surface area contributed by atoms with Crippen molar-refractivity contribution in [2.75, 3.05) is 0 Å². The molecular weight excluding hydrogens is 715 g/mol. The van der Waals surface area contributed by atoms with Crippen LogP contribution in [0.2, 0.25) is 0 Å². The highest BCUT2D eigenvalue weighted by Gasteiger charge is 2.14. The van der Waals surface area contributed by atoms with E-state index in [2.05, 4.69) is 206 Å². The molecule has 0 fully saturated rings. The Bertz CT molecular complexity index is 3240. The van der Waals surface area contributed by atoms with Crippen molar-refractivity contribution in [2.24, 2.45) is 4.99 Å². The highest BCUT2D eigenvalue weighted by atomic mass is 14.9. The molecule has 0 amide bonds. The van der Waals surface area contributed by atoms with Crippen molar-refractivity contribution in [1.82, 2.24) is 9.97 Å². The molecular formula is C56H39N3. The van der Waals surface area contributed by atoms with Gasteiger partial charge in [-0.15, -0.1) is 0 Å². The number of nitrogens with zero attached hydrogens (tertiary/aromatic N) is 3. The van der Waals surface area contributed by atoms with E-state index in [4.69, 9.17) is 9.97 Å². The molecule has 1 aromatic heterocycles. The maximum Gasteiger partial charge on any atom is 0.160 e. The topological polar surface area (TPSA) is 38.1 Å². The van der Waals surface area contributed by atoms with E-state index in [0.717, 1.165) is 50.3 Å². The molecule has 0 saturated carbocycles. The van der Waals surface area contributed by atoms with E-state index < -0.39 is 0 Å². The Hall–Kier alpha value is -7.75. The van der Waals surface area contributed by atoms with E-state index in [1.54, 1.807) is 6.20 Å². The minimum atomic E-state index is 0.673. The molecule has 0 unspecified atom stereocenters. The van der Waals surface area contributed by atoms with Crippen molar-refractivity contribution in [2.45, 2.75) is 6.92 Å². The molecule has 0 radical (unpaired) electrons. The summed E-state index contributed by atoms with van der Waals surface area (Å²) in [6.45, 7) is 5.74. The molecule has 59 heavy (non-hydrogen) atoms. The second-order valence-electron chi connectivity index (χ2n) is 14.8. The fraction of sp³-hybridized carbons (Fsp3) is 0.0179. The number of fused-ring (bicyclic) bond motifs is 7. The summed E-state index contributed by atoms with van der Waals surface area (Å²) in [4.78, 5) is 14.7. The fourth-order valence-electron chi connectivity index (χ4n) is 8.38. The summed E-state index contributed by atoms with van der Waals surface area (Å²) >= 11 is 0. The number of aliphatic imine (C=N–C) groups is 1. The predicted molar refractivity (Wildman–Crippen MR) is 252 cm³/mol. The van der Waals surface area contributed by atoms with Crippen LogP contribution in [0.4, 0.5) is 0 Å². The molecule has 0 spiro atoms. The van der Waals surface area contributed by atoms with Crippen LogP contribution < -0.4 is 0 Å². The molecule has 0 aliphatic rings. The zero-order valence-corrected chi connectivity index (χ0v) is 32.7. The number of benzene rings is 9. The van der Waals surface area contributed by atoms with E-state index in [1.165, 1.54) is 54.2 Å². The van der Waals surface area contributed by atoms with Crippen molar-refractivity contribution in [3.8, 4) is 56.2 Å². The lowest BCUT2D eigenvalue weighted by molar-refractivity contribution is 1.18. The summed E-state index contributed by atoms with van der Waals surface area (Å²) in [6, 6.07) is 67.3. The highest BCUT2D eigenvalue weighted by Crippen LogP contribution is 2.38. The standard InChI is InChI=1S/C56H39N3/c1-3-37(36-57-4-2)38-23-27-41(28-24-38)54-35-55(45-16-11-15-44(33-45)47-22-12-14-40-13-5-6-17-46(40)47)59-56(58-54)42-29-25-39(26-30-42)43-31-32-52-50-20-8-7-18-48(50)49-19-9-10-21-51(49)53(52)34-43/h3-36H,2H2,1H3/b37-3+,57-36-. The second kappa shape index (κ2) is 15.3. The van der Waals surface area contributed by atoms with Gasteiger partial charge in [0.05, 0.1) is 11.4 Å². The minimum absolute atomic E-state index is 0.673. The number of hydrogen-bond acceptors (Lipinski definition) is 3. The molecule has 10 rings (SSSR count). The fourth-order valence-corrected chi connectivity index (χ4v) is 8.38. The molecule has 0 saturated heterocycles. The van der Waals surface area contributed by atoms with Gasteiger partial charge < -0.3 is 0 Å². The van der Waals surface area contributed by atoms with Crippen molar-refractivity contribution >= 4 is 54.9 Å². The third kappa shape index (κ3) is 6.69. The second-order valence-corrected chi connectivity index (χ2v) is 14.8. The predicted octanol–water partition coefficient (Wildman–Crippen LogP) is 15.0. The van der Waals surface area contributed by atoms with E-state index in [0.29, 0.717) is 5.82 Å². The Balaban J connectivity index is 1.07. The molecule has 0 bridgehead atoms. The van der Waals surface area contributed by atoms with Gasteiger partial charge in [0, 0.05) is 29.1 Å². The normalized spacial score (nSPS) is 11.9. The number of hydrogen-bond donors (Lipinski definition) is 0. The third-order valence-electron chi connectivity index (χ3n) is 11.3. The van der Waals surface area contributed by atoms with Crippen molar-refractivity contribution in [3.63, 3.8) is 0 Å². The van der Waals surface area contributed by atoms with E-state index >= 15 is 0 Å². The van der Waals surface area contributed by atoms with E-state index in [9.17, 15) is 0 Å². The Morgan fingerprint density at radius 3 is 1.68 bits per heavy atom. The lowest BCUT2D eigenvalue weighted by atomic mass is 9.92. The molecule has 3 nitrogen and oxygen atoms in total. The number of allylic oxidation sites excluding steroid dienone is 2. The summed E-state index contributed by atoms with van der Waals surface area (Å²) in [7, 11) is 0. The van der Waals surface area contributed by atoms with Gasteiger partial charge in [-0.3, -0.25) is 4.99 Å². The Morgan fingerprint density at radius 2 is 0.983 bits per heavy atom. The molecule has 0 aliphatic heterocycles. The summed E-state index contributed by atoms with van der Waals surface area (Å²) in [5.74, 6) is 0.673. The first-order valence-corrected chi connectivity index (χ1v) is 20.0. The van der Waals surface area contributed by atoms with E-state index in [-0.39, 0.29) is 0 Å². The van der Waals surface area contributed by atoms with Gasteiger partial charge in [-0.2, -0.15) is 0 Å². The molecule has 278 valence electrons. The lowest BCUT2D eigenvalue weighted by Gasteiger charge is -2.13. The van der Waals surface area contributed by atoms with Crippen LogP contribution in [-0.4, -0.2) is 16.2 Å². The van der Waals surface area contributed by atoms with Gasteiger partial charge >= 0.3 is 0 Å². The van der Waals surface area contributed by atoms with Crippen LogP contribution in [0.5, 0.6) is 0 Å². The number of aromatic nitrogens is 2. The van der Waals surface area contributed by atoms with Crippen LogP contribution in [-0.2, 0) is 0 Å².